The number of rotatable bonds is 5. The Morgan fingerprint density at radius 2 is 2.17 bits per heavy atom. The van der Waals surface area contributed by atoms with Gasteiger partial charge in [-0.05, 0) is 23.6 Å². The van der Waals surface area contributed by atoms with Crippen molar-refractivity contribution < 1.29 is 14.5 Å². The zero-order valence-corrected chi connectivity index (χ0v) is 14.0. The first-order valence-corrected chi connectivity index (χ1v) is 8.47. The third-order valence-corrected chi connectivity index (χ3v) is 4.79. The lowest BCUT2D eigenvalue weighted by Crippen LogP contribution is -2.12. The predicted octanol–water partition coefficient (Wildman–Crippen LogP) is 4.04. The van der Waals surface area contributed by atoms with Crippen LogP contribution in [0.1, 0.15) is 10.4 Å². The van der Waals surface area contributed by atoms with Crippen LogP contribution in [-0.4, -0.2) is 22.9 Å². The van der Waals surface area contributed by atoms with Gasteiger partial charge in [0.05, 0.1) is 22.6 Å². The largest absolute Gasteiger partial charge is 0.490 e. The molecule has 0 aliphatic rings. The molecule has 2 aromatic heterocycles. The van der Waals surface area contributed by atoms with Crippen LogP contribution < -0.4 is 10.1 Å². The Hall–Kier alpha value is -2.78. The van der Waals surface area contributed by atoms with Crippen LogP contribution in [0, 0.1) is 10.1 Å². The highest BCUT2D eigenvalue weighted by atomic mass is 32.1. The minimum Gasteiger partial charge on any atom is -0.490 e. The van der Waals surface area contributed by atoms with Crippen LogP contribution in [0.4, 0.5) is 10.8 Å². The van der Waals surface area contributed by atoms with Gasteiger partial charge in [-0.15, -0.1) is 22.7 Å². The smallest absolute Gasteiger partial charge is 0.311 e. The van der Waals surface area contributed by atoms with E-state index in [1.807, 2.05) is 22.9 Å². The highest BCUT2D eigenvalue weighted by molar-refractivity contribution is 7.16. The molecule has 0 aliphatic carbocycles. The summed E-state index contributed by atoms with van der Waals surface area (Å²) < 4.78 is 4.92. The molecule has 122 valence electrons. The summed E-state index contributed by atoms with van der Waals surface area (Å²) in [5.41, 5.74) is 0.685. The van der Waals surface area contributed by atoms with Gasteiger partial charge in [0.25, 0.3) is 5.91 Å². The number of benzene rings is 1. The van der Waals surface area contributed by atoms with Crippen molar-refractivity contribution in [1.29, 1.82) is 0 Å². The molecule has 0 saturated heterocycles. The molecular weight excluding hydrogens is 350 g/mol. The van der Waals surface area contributed by atoms with Gasteiger partial charge >= 0.3 is 5.69 Å². The number of anilines is 1. The normalized spacial score (nSPS) is 10.4. The fourth-order valence-electron chi connectivity index (χ4n) is 2.01. The number of methoxy groups -OCH3 is 1. The van der Waals surface area contributed by atoms with Crippen LogP contribution in [-0.2, 0) is 0 Å². The van der Waals surface area contributed by atoms with E-state index in [2.05, 4.69) is 10.3 Å². The lowest BCUT2D eigenvalue weighted by atomic mass is 10.2. The van der Waals surface area contributed by atoms with E-state index in [0.29, 0.717) is 5.13 Å². The molecule has 1 aromatic carbocycles. The van der Waals surface area contributed by atoms with Gasteiger partial charge in [-0.25, -0.2) is 4.98 Å². The van der Waals surface area contributed by atoms with Gasteiger partial charge in [0.2, 0.25) is 0 Å². The maximum atomic E-state index is 12.3. The number of nitrogens with one attached hydrogen (secondary N) is 1. The van der Waals surface area contributed by atoms with E-state index < -0.39 is 10.8 Å². The van der Waals surface area contributed by atoms with E-state index in [0.717, 1.165) is 10.6 Å². The summed E-state index contributed by atoms with van der Waals surface area (Å²) in [5, 5.41) is 17.9. The molecule has 2 heterocycles. The van der Waals surface area contributed by atoms with Gasteiger partial charge in [0, 0.05) is 17.0 Å². The second kappa shape index (κ2) is 6.77. The Labute approximate surface area is 144 Å². The Morgan fingerprint density at radius 3 is 2.83 bits per heavy atom. The molecule has 0 unspecified atom stereocenters. The highest BCUT2D eigenvalue weighted by Crippen LogP contribution is 2.30. The molecule has 24 heavy (non-hydrogen) atoms. The Kier molecular flexibility index (Phi) is 4.54. The zero-order valence-electron chi connectivity index (χ0n) is 12.4. The second-order valence-electron chi connectivity index (χ2n) is 4.61. The fraction of sp³-hybridized carbons (Fsp3) is 0.0667. The number of thiophene rings is 1. The molecule has 1 N–H and O–H groups in total. The lowest BCUT2D eigenvalue weighted by Gasteiger charge is -2.05. The third-order valence-electron chi connectivity index (χ3n) is 3.14. The monoisotopic (exact) mass is 361 g/mol. The topological polar surface area (TPSA) is 94.4 Å². The number of hydrogen-bond donors (Lipinski definition) is 1. The average Bonchev–Trinajstić information content (AvgIpc) is 3.25. The first kappa shape index (κ1) is 16.1. The van der Waals surface area contributed by atoms with Crippen molar-refractivity contribution in [2.24, 2.45) is 0 Å². The summed E-state index contributed by atoms with van der Waals surface area (Å²) in [6, 6.07) is 7.91. The quantitative estimate of drug-likeness (QED) is 0.547. The van der Waals surface area contributed by atoms with Crippen molar-refractivity contribution in [2.45, 2.75) is 0 Å². The van der Waals surface area contributed by atoms with E-state index in [9.17, 15) is 14.9 Å². The number of carbonyl (C=O) groups excluding carboxylic acids is 1. The fourth-order valence-corrected chi connectivity index (χ4v) is 3.48. The maximum absolute atomic E-state index is 12.3. The van der Waals surface area contributed by atoms with Crippen molar-refractivity contribution in [1.82, 2.24) is 4.98 Å². The summed E-state index contributed by atoms with van der Waals surface area (Å²) in [6.07, 6.45) is 0. The SMILES string of the molecule is COc1ccc(C(=O)Nc2nc(-c3cccs3)cs2)cc1[N+](=O)[O-]. The van der Waals surface area contributed by atoms with E-state index >= 15 is 0 Å². The highest BCUT2D eigenvalue weighted by Gasteiger charge is 2.19. The first-order chi connectivity index (χ1) is 11.6. The molecule has 0 radical (unpaired) electrons. The minimum atomic E-state index is -0.589. The van der Waals surface area contributed by atoms with Crippen molar-refractivity contribution in [3.63, 3.8) is 0 Å². The summed E-state index contributed by atoms with van der Waals surface area (Å²) in [7, 11) is 1.34. The number of ether oxygens (including phenoxy) is 1. The van der Waals surface area contributed by atoms with E-state index in [4.69, 9.17) is 4.74 Å². The number of hydrogen-bond acceptors (Lipinski definition) is 7. The van der Waals surface area contributed by atoms with Crippen molar-refractivity contribution in [2.75, 3.05) is 12.4 Å². The second-order valence-corrected chi connectivity index (χ2v) is 6.42. The van der Waals surface area contributed by atoms with Gasteiger partial charge in [0.1, 0.15) is 0 Å². The molecule has 0 saturated carbocycles. The van der Waals surface area contributed by atoms with Gasteiger partial charge in [-0.3, -0.25) is 20.2 Å². The molecule has 1 amide bonds. The number of nitrogens with zero attached hydrogens (tertiary/aromatic N) is 2. The molecule has 3 aromatic rings. The number of aromatic nitrogens is 1. The minimum absolute atomic E-state index is 0.103. The van der Waals surface area contributed by atoms with Crippen LogP contribution in [0.25, 0.3) is 10.6 Å². The first-order valence-electron chi connectivity index (χ1n) is 6.71. The molecule has 0 fully saturated rings. The molecule has 9 heteroatoms. The lowest BCUT2D eigenvalue weighted by molar-refractivity contribution is -0.385. The van der Waals surface area contributed by atoms with Gasteiger partial charge < -0.3 is 4.74 Å². The van der Waals surface area contributed by atoms with Gasteiger partial charge in [-0.1, -0.05) is 6.07 Å². The molecular formula is C15H11N3O4S2. The average molecular weight is 361 g/mol. The predicted molar refractivity (Wildman–Crippen MR) is 93.0 cm³/mol. The summed E-state index contributed by atoms with van der Waals surface area (Å²) in [5.74, 6) is -0.362. The summed E-state index contributed by atoms with van der Waals surface area (Å²) in [6.45, 7) is 0. The summed E-state index contributed by atoms with van der Waals surface area (Å²) in [4.78, 5) is 28.1. The molecule has 0 spiro atoms. The van der Waals surface area contributed by atoms with E-state index in [1.165, 1.54) is 36.6 Å². The standard InChI is InChI=1S/C15H11N3O4S2/c1-22-12-5-4-9(7-11(12)18(20)21)14(19)17-15-16-10(8-24-15)13-3-2-6-23-13/h2-8H,1H3,(H,16,17,19). The Bertz CT molecular complexity index is 890. The summed E-state index contributed by atoms with van der Waals surface area (Å²) >= 11 is 2.85. The molecule has 7 nitrogen and oxygen atoms in total. The van der Waals surface area contributed by atoms with Crippen molar-refractivity contribution in [3.8, 4) is 16.3 Å². The maximum Gasteiger partial charge on any atom is 0.311 e. The van der Waals surface area contributed by atoms with E-state index in [1.54, 1.807) is 11.3 Å². The zero-order chi connectivity index (χ0) is 17.1. The van der Waals surface area contributed by atoms with E-state index in [-0.39, 0.29) is 17.0 Å². The van der Waals surface area contributed by atoms with Crippen molar-refractivity contribution >= 4 is 39.4 Å². The number of carbonyl (C=O) groups is 1. The number of amides is 1. The Balaban J connectivity index is 1.80. The number of nitro groups is 1. The van der Waals surface area contributed by atoms with Crippen LogP contribution in [0.15, 0.2) is 41.1 Å². The van der Waals surface area contributed by atoms with Crippen molar-refractivity contribution in [3.05, 3.63) is 56.8 Å². The Morgan fingerprint density at radius 1 is 1.33 bits per heavy atom. The van der Waals surface area contributed by atoms with Crippen LogP contribution in [0.2, 0.25) is 0 Å². The van der Waals surface area contributed by atoms with Crippen LogP contribution >= 0.6 is 22.7 Å². The molecule has 0 atom stereocenters. The molecule has 0 aliphatic heterocycles. The molecule has 0 bridgehead atoms. The van der Waals surface area contributed by atoms with Gasteiger partial charge in [-0.2, -0.15) is 0 Å². The van der Waals surface area contributed by atoms with Gasteiger partial charge in [0.15, 0.2) is 10.9 Å². The third kappa shape index (κ3) is 3.26. The number of nitro benzene ring substituents is 1. The van der Waals surface area contributed by atoms with Crippen LogP contribution in [0.3, 0.4) is 0 Å². The molecule has 3 rings (SSSR count). The number of thiazole rings is 1. The van der Waals surface area contributed by atoms with Crippen LogP contribution in [0.5, 0.6) is 5.75 Å².